The molecule has 0 bridgehead atoms. The quantitative estimate of drug-likeness (QED) is 0.101. The Balaban J connectivity index is 0.854. The topological polar surface area (TPSA) is 116 Å². The van der Waals surface area contributed by atoms with Crippen LogP contribution in [0, 0.1) is 20.8 Å². The average Bonchev–Trinajstić information content (AvgIpc) is 3.84. The Morgan fingerprint density at radius 1 is 0.812 bits per heavy atom. The van der Waals surface area contributed by atoms with Crippen molar-refractivity contribution in [3.8, 4) is 50.3 Å². The highest BCUT2D eigenvalue weighted by Crippen LogP contribution is 2.41. The number of hydrogen-bond donors (Lipinski definition) is 1. The third-order valence-electron chi connectivity index (χ3n) is 13.0. The first-order chi connectivity index (χ1) is 33.5. The SMILES string of the molecule is COc1cccc(-c2cc(C(=O)Nc3ccc(-c4ccc(OC5CCN(CC[C@@H]6N=C(c7ccc(Cl)cc7)c7c(sc(C)c7C)-n7c(C)nnc76)CC5)cc4OCCN(C)C)cc3)ccc2OC)c1. The number of carbonyl (C=O) groups is 1. The molecule has 356 valence electrons. The van der Waals surface area contributed by atoms with Crippen LogP contribution in [0.3, 0.4) is 0 Å². The minimum atomic E-state index is -0.227. The maximum absolute atomic E-state index is 13.6. The van der Waals surface area contributed by atoms with E-state index in [0.717, 1.165) is 118 Å². The summed E-state index contributed by atoms with van der Waals surface area (Å²) in [5.41, 5.74) is 9.18. The summed E-state index contributed by atoms with van der Waals surface area (Å²) >= 11 is 8.11. The van der Waals surface area contributed by atoms with Crippen molar-refractivity contribution in [3.63, 3.8) is 0 Å². The number of aliphatic imine (C=N–C) groups is 1. The number of nitrogens with one attached hydrogen (secondary N) is 1. The Hall–Kier alpha value is -6.51. The fourth-order valence-corrected chi connectivity index (χ4v) is 10.4. The normalized spacial score (nSPS) is 15.0. The van der Waals surface area contributed by atoms with Gasteiger partial charge >= 0.3 is 0 Å². The molecule has 0 radical (unpaired) electrons. The van der Waals surface area contributed by atoms with E-state index in [1.165, 1.54) is 10.4 Å². The summed E-state index contributed by atoms with van der Waals surface area (Å²) in [4.78, 5) is 24.9. The van der Waals surface area contributed by atoms with E-state index in [9.17, 15) is 4.79 Å². The van der Waals surface area contributed by atoms with Crippen LogP contribution in [0.5, 0.6) is 23.0 Å². The number of nitrogens with zero attached hydrogens (tertiary/aromatic N) is 6. The number of methoxy groups -OCH3 is 2. The van der Waals surface area contributed by atoms with Crippen LogP contribution in [-0.4, -0.2) is 103 Å². The van der Waals surface area contributed by atoms with Crippen LogP contribution in [0.15, 0.2) is 114 Å². The molecule has 2 aliphatic rings. The molecule has 0 spiro atoms. The van der Waals surface area contributed by atoms with Crippen LogP contribution < -0.4 is 24.3 Å². The van der Waals surface area contributed by atoms with E-state index in [2.05, 4.69) is 56.8 Å². The van der Waals surface area contributed by atoms with Crippen molar-refractivity contribution in [1.29, 1.82) is 0 Å². The Morgan fingerprint density at radius 3 is 2.32 bits per heavy atom. The molecule has 5 aromatic carbocycles. The molecular formula is C55H58ClN7O5S. The van der Waals surface area contributed by atoms with E-state index in [1.54, 1.807) is 31.6 Å². The third-order valence-corrected chi connectivity index (χ3v) is 14.4. The molecule has 1 saturated heterocycles. The second-order valence-corrected chi connectivity index (χ2v) is 19.5. The summed E-state index contributed by atoms with van der Waals surface area (Å²) in [5, 5.41) is 14.2. The molecule has 7 aromatic rings. The van der Waals surface area contributed by atoms with E-state index in [-0.39, 0.29) is 18.1 Å². The maximum atomic E-state index is 13.6. The summed E-state index contributed by atoms with van der Waals surface area (Å²) < 4.78 is 26.4. The number of likely N-dealkylation sites (tertiary alicyclic amines) is 1. The van der Waals surface area contributed by atoms with Crippen LogP contribution in [0.4, 0.5) is 5.69 Å². The third kappa shape index (κ3) is 10.6. The monoisotopic (exact) mass is 963 g/mol. The van der Waals surface area contributed by atoms with Crippen molar-refractivity contribution >= 4 is 40.2 Å². The van der Waals surface area contributed by atoms with Gasteiger partial charge in [0.25, 0.3) is 5.91 Å². The highest BCUT2D eigenvalue weighted by Gasteiger charge is 2.32. The van der Waals surface area contributed by atoms with E-state index >= 15 is 0 Å². The van der Waals surface area contributed by atoms with Crippen LogP contribution >= 0.6 is 22.9 Å². The van der Waals surface area contributed by atoms with Gasteiger partial charge in [0.15, 0.2) is 5.82 Å². The number of aromatic nitrogens is 3. The number of rotatable bonds is 16. The smallest absolute Gasteiger partial charge is 0.255 e. The summed E-state index contributed by atoms with van der Waals surface area (Å²) in [5.74, 6) is 4.44. The Labute approximate surface area is 413 Å². The molecule has 69 heavy (non-hydrogen) atoms. The molecular weight excluding hydrogens is 906 g/mol. The summed E-state index contributed by atoms with van der Waals surface area (Å²) in [6.07, 6.45) is 2.69. The predicted octanol–water partition coefficient (Wildman–Crippen LogP) is 11.3. The highest BCUT2D eigenvalue weighted by atomic mass is 35.5. The average molecular weight is 965 g/mol. The second kappa shape index (κ2) is 21.0. The lowest BCUT2D eigenvalue weighted by molar-refractivity contribution is 0.0984. The first-order valence-electron chi connectivity index (χ1n) is 23.4. The van der Waals surface area contributed by atoms with E-state index in [1.807, 2.05) is 106 Å². The molecule has 2 aliphatic heterocycles. The highest BCUT2D eigenvalue weighted by molar-refractivity contribution is 7.15. The number of carbonyl (C=O) groups excluding carboxylic acids is 1. The van der Waals surface area contributed by atoms with Crippen LogP contribution in [-0.2, 0) is 0 Å². The summed E-state index contributed by atoms with van der Waals surface area (Å²) in [7, 11) is 7.32. The van der Waals surface area contributed by atoms with Crippen molar-refractivity contribution < 1.29 is 23.7 Å². The molecule has 1 atom stereocenters. The number of hydrogen-bond acceptors (Lipinski definition) is 11. The number of anilines is 1. The first-order valence-corrected chi connectivity index (χ1v) is 24.6. The number of ether oxygens (including phenoxy) is 4. The Kier molecular flexibility index (Phi) is 14.5. The van der Waals surface area contributed by atoms with Gasteiger partial charge in [-0.25, -0.2) is 0 Å². The summed E-state index contributed by atoms with van der Waals surface area (Å²) in [6.45, 7) is 10.4. The fourth-order valence-electron chi connectivity index (χ4n) is 9.01. The van der Waals surface area contributed by atoms with Gasteiger partial charge < -0.3 is 34.1 Å². The van der Waals surface area contributed by atoms with Gasteiger partial charge in [-0.1, -0.05) is 48.0 Å². The number of thiophene rings is 1. The zero-order chi connectivity index (χ0) is 48.2. The molecule has 9 rings (SSSR count). The number of fused-ring (bicyclic) bond motifs is 3. The van der Waals surface area contributed by atoms with Crippen molar-refractivity contribution in [2.75, 3.05) is 66.4 Å². The zero-order valence-electron chi connectivity index (χ0n) is 40.2. The fraction of sp³-hybridized carbons (Fsp3) is 0.309. The van der Waals surface area contributed by atoms with Gasteiger partial charge in [-0.3, -0.25) is 14.4 Å². The van der Waals surface area contributed by atoms with Gasteiger partial charge in [0.05, 0.1) is 19.9 Å². The minimum absolute atomic E-state index is 0.0716. The number of piperidine rings is 1. The van der Waals surface area contributed by atoms with Crippen molar-refractivity contribution in [2.24, 2.45) is 4.99 Å². The number of halogens is 1. The van der Waals surface area contributed by atoms with Crippen molar-refractivity contribution in [2.45, 2.75) is 52.2 Å². The molecule has 2 aromatic heterocycles. The van der Waals surface area contributed by atoms with Gasteiger partial charge in [0, 0.05) is 75.6 Å². The molecule has 1 fully saturated rings. The standard InChI is InChI=1S/C55H58ClN7O5S/c1-34-35(2)69-55-51(34)52(38-11-16-41(56)17-12-38)58-48(53-60-59-36(3)63(53)55)25-28-62-26-23-43(24-27-62)68-45-20-21-46(50(33-45)67-30-29-61(4)5)37-13-18-42(19-14-37)57-54(64)40-15-22-49(66-7)47(32-40)39-9-8-10-44(31-39)65-6/h8-22,31-33,43,48H,23-30H2,1-7H3,(H,57,64)/t48-/m0/s1. The number of amides is 1. The van der Waals surface area contributed by atoms with Crippen LogP contribution in [0.2, 0.25) is 5.02 Å². The van der Waals surface area contributed by atoms with Gasteiger partial charge in [-0.05, 0) is 138 Å². The van der Waals surface area contributed by atoms with E-state index in [0.29, 0.717) is 28.6 Å². The number of benzene rings is 5. The van der Waals surface area contributed by atoms with Gasteiger partial charge in [-0.15, -0.1) is 21.5 Å². The van der Waals surface area contributed by atoms with Crippen molar-refractivity contribution in [1.82, 2.24) is 24.6 Å². The molecule has 1 amide bonds. The van der Waals surface area contributed by atoms with Crippen molar-refractivity contribution in [3.05, 3.63) is 153 Å². The van der Waals surface area contributed by atoms with Gasteiger partial charge in [-0.2, -0.15) is 0 Å². The molecule has 0 unspecified atom stereocenters. The van der Waals surface area contributed by atoms with Gasteiger partial charge in [0.1, 0.15) is 52.6 Å². The Bertz CT molecular complexity index is 2980. The first kappa shape index (κ1) is 47.6. The zero-order valence-corrected chi connectivity index (χ0v) is 41.8. The van der Waals surface area contributed by atoms with E-state index < -0.39 is 0 Å². The maximum Gasteiger partial charge on any atom is 0.255 e. The molecule has 4 heterocycles. The van der Waals surface area contributed by atoms with E-state index in [4.69, 9.17) is 40.6 Å². The lowest BCUT2D eigenvalue weighted by atomic mass is 9.99. The molecule has 14 heteroatoms. The predicted molar refractivity (Wildman–Crippen MR) is 277 cm³/mol. The number of aryl methyl sites for hydroxylation is 2. The second-order valence-electron chi connectivity index (χ2n) is 17.8. The van der Waals surface area contributed by atoms with Crippen LogP contribution in [0.1, 0.15) is 68.9 Å². The lowest BCUT2D eigenvalue weighted by Gasteiger charge is -2.32. The van der Waals surface area contributed by atoms with Crippen LogP contribution in [0.25, 0.3) is 27.3 Å². The lowest BCUT2D eigenvalue weighted by Crippen LogP contribution is -2.39. The molecule has 12 nitrogen and oxygen atoms in total. The number of likely N-dealkylation sites (N-methyl/N-ethyl adjacent to an activating group) is 1. The molecule has 0 saturated carbocycles. The summed E-state index contributed by atoms with van der Waals surface area (Å²) in [6, 6.07) is 34.9. The molecule has 1 N–H and O–H groups in total. The van der Waals surface area contributed by atoms with Gasteiger partial charge in [0.2, 0.25) is 0 Å². The molecule has 0 aliphatic carbocycles. The minimum Gasteiger partial charge on any atom is -0.497 e. The Morgan fingerprint density at radius 2 is 1.58 bits per heavy atom. The largest absolute Gasteiger partial charge is 0.497 e.